The molecule has 150 valence electrons. The van der Waals surface area contributed by atoms with Gasteiger partial charge in [0.25, 0.3) is 5.91 Å². The Labute approximate surface area is 175 Å². The summed E-state index contributed by atoms with van der Waals surface area (Å²) in [6.07, 6.45) is 1.03. The van der Waals surface area contributed by atoms with Crippen molar-refractivity contribution < 1.29 is 14.3 Å². The third-order valence-corrected chi connectivity index (χ3v) is 4.98. The van der Waals surface area contributed by atoms with E-state index in [0.717, 1.165) is 36.0 Å². The van der Waals surface area contributed by atoms with Crippen LogP contribution in [-0.2, 0) is 4.74 Å². The molecule has 0 unspecified atom stereocenters. The third kappa shape index (κ3) is 4.25. The highest BCUT2D eigenvalue weighted by molar-refractivity contribution is 6.30. The molecule has 29 heavy (non-hydrogen) atoms. The molecule has 6 heteroatoms. The van der Waals surface area contributed by atoms with Gasteiger partial charge in [-0.2, -0.15) is 0 Å². The zero-order valence-corrected chi connectivity index (χ0v) is 17.5. The Morgan fingerprint density at radius 2 is 1.66 bits per heavy atom. The van der Waals surface area contributed by atoms with Crippen molar-refractivity contribution in [1.82, 2.24) is 9.88 Å². The smallest absolute Gasteiger partial charge is 0.337 e. The normalized spacial score (nSPS) is 12.6. The van der Waals surface area contributed by atoms with Crippen molar-refractivity contribution in [2.45, 2.75) is 20.3 Å². The summed E-state index contributed by atoms with van der Waals surface area (Å²) >= 11 is 6.13. The lowest BCUT2D eigenvalue weighted by molar-refractivity contribution is 0.0599. The highest BCUT2D eigenvalue weighted by Crippen LogP contribution is 2.29. The number of nitrogens with zero attached hydrogens (tertiary/aromatic N) is 2. The van der Waals surface area contributed by atoms with Gasteiger partial charge in [0, 0.05) is 18.5 Å². The van der Waals surface area contributed by atoms with Gasteiger partial charge in [-0.25, -0.2) is 9.78 Å². The molecule has 3 aromatic rings. The summed E-state index contributed by atoms with van der Waals surface area (Å²) in [7, 11) is 1.36. The van der Waals surface area contributed by atoms with Gasteiger partial charge in [-0.3, -0.25) is 4.79 Å². The van der Waals surface area contributed by atoms with E-state index < -0.39 is 0 Å². The minimum absolute atomic E-state index is 0.0197. The number of methoxy groups -OCH3 is 1. The minimum atomic E-state index is -0.374. The fourth-order valence-corrected chi connectivity index (χ4v) is 3.36. The Morgan fingerprint density at radius 3 is 2.24 bits per heavy atom. The van der Waals surface area contributed by atoms with Gasteiger partial charge < -0.3 is 9.64 Å². The Balaban J connectivity index is 0.00000117. The average molecular weight is 411 g/mol. The van der Waals surface area contributed by atoms with Crippen molar-refractivity contribution in [3.63, 3.8) is 0 Å². The zero-order valence-electron chi connectivity index (χ0n) is 16.7. The molecule has 0 radical (unpaired) electrons. The number of benzene rings is 2. The molecular formula is C23H23ClN2O3. The zero-order chi connectivity index (χ0) is 21.0. The predicted octanol–water partition coefficient (Wildman–Crippen LogP) is 5.21. The van der Waals surface area contributed by atoms with E-state index in [1.165, 1.54) is 7.11 Å². The predicted molar refractivity (Wildman–Crippen MR) is 115 cm³/mol. The van der Waals surface area contributed by atoms with Crippen LogP contribution in [0.2, 0.25) is 5.15 Å². The number of rotatable bonds is 3. The standard InChI is InChI=1S/C21H17ClN2O3.C2H6/c1-27-21(26)14-5-3-13(4-6-14)15-7-8-18-16(11-15)17(12-19(22)23-18)20(25)24-9-2-10-24;1-2/h3-8,11-12H,2,9-10H2,1H3;1-2H3. The van der Waals surface area contributed by atoms with E-state index >= 15 is 0 Å². The number of hydrogen-bond acceptors (Lipinski definition) is 4. The fourth-order valence-electron chi connectivity index (χ4n) is 3.16. The molecule has 1 amide bonds. The minimum Gasteiger partial charge on any atom is -0.465 e. The maximum Gasteiger partial charge on any atom is 0.337 e. The lowest BCUT2D eigenvalue weighted by atomic mass is 9.99. The Hall–Kier alpha value is -2.92. The van der Waals surface area contributed by atoms with Gasteiger partial charge in [0.2, 0.25) is 0 Å². The molecule has 5 nitrogen and oxygen atoms in total. The first-order valence-corrected chi connectivity index (χ1v) is 10.0. The Kier molecular flexibility index (Phi) is 6.49. The first-order chi connectivity index (χ1) is 14.1. The van der Waals surface area contributed by atoms with Gasteiger partial charge in [-0.1, -0.05) is 43.6 Å². The van der Waals surface area contributed by atoms with E-state index in [1.54, 1.807) is 18.2 Å². The second-order valence-electron chi connectivity index (χ2n) is 6.44. The fraction of sp³-hybridized carbons (Fsp3) is 0.261. The Bertz CT molecular complexity index is 1040. The topological polar surface area (TPSA) is 59.5 Å². The van der Waals surface area contributed by atoms with Crippen LogP contribution in [0.5, 0.6) is 0 Å². The van der Waals surface area contributed by atoms with Crippen LogP contribution in [0.25, 0.3) is 22.0 Å². The summed E-state index contributed by atoms with van der Waals surface area (Å²) in [4.78, 5) is 30.5. The van der Waals surface area contributed by atoms with Crippen LogP contribution in [0.1, 0.15) is 41.0 Å². The highest BCUT2D eigenvalue weighted by atomic mass is 35.5. The van der Waals surface area contributed by atoms with Gasteiger partial charge >= 0.3 is 5.97 Å². The number of esters is 1. The van der Waals surface area contributed by atoms with Crippen molar-refractivity contribution in [1.29, 1.82) is 0 Å². The summed E-state index contributed by atoms with van der Waals surface area (Å²) in [5.41, 5.74) is 3.60. The highest BCUT2D eigenvalue weighted by Gasteiger charge is 2.24. The number of aromatic nitrogens is 1. The second kappa shape index (κ2) is 9.05. The molecule has 0 N–H and O–H groups in total. The molecule has 1 aliphatic heterocycles. The van der Waals surface area contributed by atoms with Crippen LogP contribution in [0, 0.1) is 0 Å². The molecule has 1 fully saturated rings. The van der Waals surface area contributed by atoms with Crippen molar-refractivity contribution in [2.75, 3.05) is 20.2 Å². The number of fused-ring (bicyclic) bond motifs is 1. The molecule has 0 bridgehead atoms. The lowest BCUT2D eigenvalue weighted by Crippen LogP contribution is -2.42. The summed E-state index contributed by atoms with van der Waals surface area (Å²) < 4.78 is 4.73. The molecule has 0 saturated carbocycles. The molecule has 1 saturated heterocycles. The number of pyridine rings is 1. The SMILES string of the molecule is CC.COC(=O)c1ccc(-c2ccc3nc(Cl)cc(C(=O)N4CCC4)c3c2)cc1. The number of amides is 1. The summed E-state index contributed by atoms with van der Waals surface area (Å²) in [5, 5.41) is 1.08. The van der Waals surface area contributed by atoms with Crippen LogP contribution < -0.4 is 0 Å². The van der Waals surface area contributed by atoms with Crippen LogP contribution in [0.3, 0.4) is 0 Å². The van der Waals surface area contributed by atoms with E-state index in [9.17, 15) is 9.59 Å². The number of likely N-dealkylation sites (tertiary alicyclic amines) is 1. The van der Waals surface area contributed by atoms with Gasteiger partial charge in [-0.05, 0) is 47.9 Å². The van der Waals surface area contributed by atoms with Crippen LogP contribution in [0.4, 0.5) is 0 Å². The monoisotopic (exact) mass is 410 g/mol. The molecular weight excluding hydrogens is 388 g/mol. The maximum absolute atomic E-state index is 12.8. The number of carbonyl (C=O) groups is 2. The van der Waals surface area contributed by atoms with E-state index in [1.807, 2.05) is 49.1 Å². The van der Waals surface area contributed by atoms with Crippen molar-refractivity contribution >= 4 is 34.4 Å². The molecule has 4 rings (SSSR count). The van der Waals surface area contributed by atoms with Crippen LogP contribution >= 0.6 is 11.6 Å². The number of halogens is 1. The quantitative estimate of drug-likeness (QED) is 0.439. The Morgan fingerprint density at radius 1 is 1.00 bits per heavy atom. The first-order valence-electron chi connectivity index (χ1n) is 9.65. The number of carbonyl (C=O) groups excluding carboxylic acids is 2. The molecule has 0 aliphatic carbocycles. The molecule has 0 spiro atoms. The summed E-state index contributed by atoms with van der Waals surface area (Å²) in [6.45, 7) is 5.55. The van der Waals surface area contributed by atoms with E-state index in [0.29, 0.717) is 21.8 Å². The lowest BCUT2D eigenvalue weighted by Gasteiger charge is -2.31. The summed E-state index contributed by atoms with van der Waals surface area (Å²) in [6, 6.07) is 14.5. The third-order valence-electron chi connectivity index (χ3n) is 4.79. The van der Waals surface area contributed by atoms with E-state index in [2.05, 4.69) is 4.98 Å². The van der Waals surface area contributed by atoms with E-state index in [4.69, 9.17) is 16.3 Å². The van der Waals surface area contributed by atoms with Crippen LogP contribution in [0.15, 0.2) is 48.5 Å². The van der Waals surface area contributed by atoms with Crippen molar-refractivity contribution in [3.8, 4) is 11.1 Å². The molecule has 1 aromatic heterocycles. The average Bonchev–Trinajstić information content (AvgIpc) is 2.72. The van der Waals surface area contributed by atoms with E-state index in [-0.39, 0.29) is 11.9 Å². The molecule has 0 atom stereocenters. The van der Waals surface area contributed by atoms with Crippen molar-refractivity contribution in [2.24, 2.45) is 0 Å². The maximum atomic E-state index is 12.8. The van der Waals surface area contributed by atoms with Crippen LogP contribution in [-0.4, -0.2) is 42.0 Å². The number of hydrogen-bond donors (Lipinski definition) is 0. The molecule has 2 heterocycles. The summed E-state index contributed by atoms with van der Waals surface area (Å²) in [5.74, 6) is -0.393. The molecule has 2 aromatic carbocycles. The second-order valence-corrected chi connectivity index (χ2v) is 6.83. The van der Waals surface area contributed by atoms with Crippen molar-refractivity contribution in [3.05, 3.63) is 64.8 Å². The largest absolute Gasteiger partial charge is 0.465 e. The van der Waals surface area contributed by atoms with Gasteiger partial charge in [0.15, 0.2) is 0 Å². The van der Waals surface area contributed by atoms with Gasteiger partial charge in [0.05, 0.1) is 23.8 Å². The first kappa shape index (κ1) is 20.8. The number of ether oxygens (including phenoxy) is 1. The molecule has 1 aliphatic rings. The van der Waals surface area contributed by atoms with Gasteiger partial charge in [-0.15, -0.1) is 0 Å². The van der Waals surface area contributed by atoms with Gasteiger partial charge in [0.1, 0.15) is 5.15 Å².